The minimum atomic E-state index is -0.127. The minimum absolute atomic E-state index is 0.127. The van der Waals surface area contributed by atoms with Crippen LogP contribution in [0.5, 0.6) is 0 Å². The summed E-state index contributed by atoms with van der Waals surface area (Å²) in [5.74, 6) is -0.127. The van der Waals surface area contributed by atoms with Crippen molar-refractivity contribution in [1.82, 2.24) is 5.32 Å². The van der Waals surface area contributed by atoms with Crippen molar-refractivity contribution in [2.75, 3.05) is 7.05 Å². The van der Waals surface area contributed by atoms with Crippen molar-refractivity contribution in [3.63, 3.8) is 0 Å². The van der Waals surface area contributed by atoms with Crippen LogP contribution in [-0.4, -0.2) is 12.3 Å². The summed E-state index contributed by atoms with van der Waals surface area (Å²) in [5.41, 5.74) is 2.72. The third-order valence-corrected chi connectivity index (χ3v) is 4.94. The van der Waals surface area contributed by atoms with Gasteiger partial charge in [0.2, 0.25) is 0 Å². The average Bonchev–Trinajstić information content (AvgIpc) is 2.78. The van der Waals surface area contributed by atoms with E-state index in [4.69, 9.17) is 0 Å². The van der Waals surface area contributed by atoms with Crippen LogP contribution in [0.2, 0.25) is 0 Å². The van der Waals surface area contributed by atoms with Crippen LogP contribution in [0.25, 0.3) is 0 Å². The Morgan fingerprint density at radius 3 is 2.63 bits per heavy atom. The average molecular weight is 273 g/mol. The molecular weight excluding hydrogens is 257 g/mol. The molecule has 1 aliphatic rings. The van der Waals surface area contributed by atoms with Crippen LogP contribution in [0.15, 0.2) is 53.4 Å². The molecule has 2 atom stereocenters. The van der Waals surface area contributed by atoms with Crippen molar-refractivity contribution in [2.24, 2.45) is 0 Å². The molecule has 0 aliphatic heterocycles. The number of hydrogen-bond donors (Lipinski definition) is 1. The van der Waals surface area contributed by atoms with Crippen LogP contribution in [0.1, 0.15) is 17.2 Å². The lowest BCUT2D eigenvalue weighted by atomic mass is 10.1. The van der Waals surface area contributed by atoms with E-state index in [-0.39, 0.29) is 5.82 Å². The fourth-order valence-corrected chi connectivity index (χ4v) is 4.06. The van der Waals surface area contributed by atoms with E-state index >= 15 is 0 Å². The van der Waals surface area contributed by atoms with Gasteiger partial charge in [0.25, 0.3) is 0 Å². The second-order valence-electron chi connectivity index (χ2n) is 4.76. The third-order valence-electron chi connectivity index (χ3n) is 3.61. The summed E-state index contributed by atoms with van der Waals surface area (Å²) in [6.45, 7) is 0. The van der Waals surface area contributed by atoms with Gasteiger partial charge in [0.05, 0.1) is 0 Å². The molecule has 0 radical (unpaired) electrons. The topological polar surface area (TPSA) is 12.0 Å². The van der Waals surface area contributed by atoms with Crippen LogP contribution in [0.3, 0.4) is 0 Å². The fourth-order valence-electron chi connectivity index (χ4n) is 2.71. The predicted molar refractivity (Wildman–Crippen MR) is 78.0 cm³/mol. The molecule has 19 heavy (non-hydrogen) atoms. The van der Waals surface area contributed by atoms with Gasteiger partial charge in [-0.3, -0.25) is 0 Å². The highest BCUT2D eigenvalue weighted by molar-refractivity contribution is 8.00. The summed E-state index contributed by atoms with van der Waals surface area (Å²) in [5, 5.41) is 3.71. The molecule has 2 aromatic rings. The molecule has 0 heterocycles. The standard InChI is InChI=1S/C16H16FNS/c1-18-16-12-7-3-2-6-11(12)10-15(16)19-14-9-5-4-8-13(14)17/h2-9,15-16,18H,10H2,1H3. The van der Waals surface area contributed by atoms with Crippen molar-refractivity contribution in [3.05, 3.63) is 65.5 Å². The molecule has 1 aliphatic carbocycles. The molecular formula is C16H16FNS. The van der Waals surface area contributed by atoms with Gasteiger partial charge in [-0.15, -0.1) is 11.8 Å². The number of nitrogens with one attached hydrogen (secondary N) is 1. The van der Waals surface area contributed by atoms with Gasteiger partial charge in [-0.05, 0) is 36.7 Å². The normalized spacial score (nSPS) is 21.4. The van der Waals surface area contributed by atoms with E-state index in [1.54, 1.807) is 17.8 Å². The van der Waals surface area contributed by atoms with Gasteiger partial charge in [-0.2, -0.15) is 0 Å². The van der Waals surface area contributed by atoms with E-state index in [0.29, 0.717) is 11.3 Å². The SMILES string of the molecule is CNC1c2ccccc2CC1Sc1ccccc1F. The van der Waals surface area contributed by atoms with Gasteiger partial charge in [0.15, 0.2) is 0 Å². The number of benzene rings is 2. The molecule has 2 aromatic carbocycles. The van der Waals surface area contributed by atoms with Gasteiger partial charge in [0.1, 0.15) is 5.82 Å². The zero-order chi connectivity index (χ0) is 13.2. The molecule has 0 saturated heterocycles. The Hall–Kier alpha value is -1.32. The van der Waals surface area contributed by atoms with Gasteiger partial charge >= 0.3 is 0 Å². The Bertz CT molecular complexity index is 584. The van der Waals surface area contributed by atoms with E-state index in [0.717, 1.165) is 11.3 Å². The van der Waals surface area contributed by atoms with Crippen LogP contribution < -0.4 is 5.32 Å². The first kappa shape index (κ1) is 12.7. The second kappa shape index (κ2) is 5.35. The van der Waals surface area contributed by atoms with E-state index in [9.17, 15) is 4.39 Å². The highest BCUT2D eigenvalue weighted by Crippen LogP contribution is 2.41. The summed E-state index contributed by atoms with van der Waals surface area (Å²) in [7, 11) is 1.97. The maximum atomic E-state index is 13.8. The molecule has 1 N–H and O–H groups in total. The molecule has 0 fully saturated rings. The molecule has 1 nitrogen and oxygen atoms in total. The molecule has 0 bridgehead atoms. The number of halogens is 1. The molecule has 3 heteroatoms. The molecule has 0 spiro atoms. The van der Waals surface area contributed by atoms with Crippen LogP contribution in [0.4, 0.5) is 4.39 Å². The first-order valence-corrected chi connectivity index (χ1v) is 7.34. The van der Waals surface area contributed by atoms with Crippen molar-refractivity contribution in [3.8, 4) is 0 Å². The Balaban J connectivity index is 1.86. The smallest absolute Gasteiger partial charge is 0.136 e. The Kier molecular flexibility index (Phi) is 3.58. The zero-order valence-corrected chi connectivity index (χ0v) is 11.6. The van der Waals surface area contributed by atoms with Crippen molar-refractivity contribution in [2.45, 2.75) is 22.6 Å². The lowest BCUT2D eigenvalue weighted by molar-refractivity contribution is 0.590. The Labute approximate surface area is 117 Å². The quantitative estimate of drug-likeness (QED) is 0.913. The summed E-state index contributed by atoms with van der Waals surface area (Å²) in [6.07, 6.45) is 0.987. The number of fused-ring (bicyclic) bond motifs is 1. The molecule has 2 unspecified atom stereocenters. The number of hydrogen-bond acceptors (Lipinski definition) is 2. The van der Waals surface area contributed by atoms with Crippen LogP contribution >= 0.6 is 11.8 Å². The monoisotopic (exact) mass is 273 g/mol. The van der Waals surface area contributed by atoms with Crippen molar-refractivity contribution >= 4 is 11.8 Å². The molecule has 0 amide bonds. The second-order valence-corrected chi connectivity index (χ2v) is 6.04. The number of thioether (sulfide) groups is 1. The Morgan fingerprint density at radius 2 is 1.84 bits per heavy atom. The van der Waals surface area contributed by atoms with Gasteiger partial charge in [-0.25, -0.2) is 4.39 Å². The van der Waals surface area contributed by atoms with Crippen LogP contribution in [0, 0.1) is 5.82 Å². The highest BCUT2D eigenvalue weighted by atomic mass is 32.2. The fraction of sp³-hybridized carbons (Fsp3) is 0.250. The lowest BCUT2D eigenvalue weighted by Gasteiger charge is -2.19. The summed E-state index contributed by atoms with van der Waals surface area (Å²) in [4.78, 5) is 0.737. The molecule has 0 saturated carbocycles. The van der Waals surface area contributed by atoms with E-state index in [1.807, 2.05) is 19.2 Å². The van der Waals surface area contributed by atoms with Gasteiger partial charge < -0.3 is 5.32 Å². The molecule has 98 valence electrons. The van der Waals surface area contributed by atoms with Gasteiger partial charge in [0, 0.05) is 16.2 Å². The maximum absolute atomic E-state index is 13.8. The minimum Gasteiger partial charge on any atom is -0.312 e. The van der Waals surface area contributed by atoms with Crippen molar-refractivity contribution < 1.29 is 4.39 Å². The number of rotatable bonds is 3. The molecule has 3 rings (SSSR count). The third kappa shape index (κ3) is 2.40. The van der Waals surface area contributed by atoms with E-state index in [1.165, 1.54) is 17.2 Å². The predicted octanol–water partition coefficient (Wildman–Crippen LogP) is 3.80. The van der Waals surface area contributed by atoms with Crippen molar-refractivity contribution in [1.29, 1.82) is 0 Å². The zero-order valence-electron chi connectivity index (χ0n) is 10.8. The Morgan fingerprint density at radius 1 is 1.11 bits per heavy atom. The lowest BCUT2D eigenvalue weighted by Crippen LogP contribution is -2.23. The first-order valence-electron chi connectivity index (χ1n) is 6.46. The first-order chi connectivity index (χ1) is 9.29. The largest absolute Gasteiger partial charge is 0.312 e. The maximum Gasteiger partial charge on any atom is 0.136 e. The molecule has 0 aromatic heterocycles. The van der Waals surface area contributed by atoms with Crippen LogP contribution in [-0.2, 0) is 6.42 Å². The van der Waals surface area contributed by atoms with Gasteiger partial charge in [-0.1, -0.05) is 36.4 Å². The van der Waals surface area contributed by atoms with E-state index in [2.05, 4.69) is 29.6 Å². The summed E-state index contributed by atoms with van der Waals surface area (Å²) < 4.78 is 13.8. The summed E-state index contributed by atoms with van der Waals surface area (Å²) >= 11 is 1.63. The highest BCUT2D eigenvalue weighted by Gasteiger charge is 2.32. The summed E-state index contributed by atoms with van der Waals surface area (Å²) in [6, 6.07) is 15.8. The van der Waals surface area contributed by atoms with E-state index < -0.39 is 0 Å².